The fourth-order valence-electron chi connectivity index (χ4n) is 0.809. The Balaban J connectivity index is 3.11. The molecule has 0 aliphatic heterocycles. The van der Waals surface area contributed by atoms with Crippen molar-refractivity contribution >= 4 is 5.97 Å². The predicted octanol–water partition coefficient (Wildman–Crippen LogP) is 0.266. The third-order valence-corrected chi connectivity index (χ3v) is 1.78. The average molecular weight is 182 g/mol. The van der Waals surface area contributed by atoms with Crippen molar-refractivity contribution in [3.63, 3.8) is 0 Å². The van der Waals surface area contributed by atoms with Gasteiger partial charge in [-0.2, -0.15) is 0 Å². The molecule has 2 N–H and O–H groups in total. The molecule has 0 saturated heterocycles. The van der Waals surface area contributed by atoms with Gasteiger partial charge in [0.2, 0.25) is 0 Å². The van der Waals surface area contributed by atoms with Crippen molar-refractivity contribution in [2.75, 3.05) is 0 Å². The smallest absolute Gasteiger partial charge is 0.313 e. The van der Waals surface area contributed by atoms with Crippen LogP contribution in [-0.4, -0.2) is 21.0 Å². The number of carbonyl (C=O) groups is 1. The van der Waals surface area contributed by atoms with E-state index in [1.54, 1.807) is 6.92 Å². The molecule has 0 aliphatic carbocycles. The van der Waals surface area contributed by atoms with Crippen molar-refractivity contribution in [2.45, 2.75) is 19.8 Å². The van der Waals surface area contributed by atoms with Crippen LogP contribution in [0.15, 0.2) is 11.0 Å². The van der Waals surface area contributed by atoms with Crippen LogP contribution in [0, 0.1) is 6.92 Å². The van der Waals surface area contributed by atoms with Crippen molar-refractivity contribution in [1.29, 1.82) is 0 Å². The second-order valence-electron chi connectivity index (χ2n) is 2.84. The maximum atomic E-state index is 11.1. The topological polar surface area (TPSA) is 83.0 Å². The first-order valence-electron chi connectivity index (χ1n) is 3.81. The molecule has 5 nitrogen and oxygen atoms in total. The number of carboxylic acid groups (broad SMARTS) is 1. The number of aryl methyl sites for hydroxylation is 1. The zero-order valence-corrected chi connectivity index (χ0v) is 7.37. The Morgan fingerprint density at radius 2 is 2.31 bits per heavy atom. The van der Waals surface area contributed by atoms with Gasteiger partial charge in [0, 0.05) is 11.8 Å². The lowest BCUT2D eigenvalue weighted by Crippen LogP contribution is -2.18. The van der Waals surface area contributed by atoms with Gasteiger partial charge in [-0.25, -0.2) is 4.98 Å². The summed E-state index contributed by atoms with van der Waals surface area (Å²) in [6.45, 7) is 3.08. The fraction of sp³-hybridized carbons (Fsp3) is 0.375. The summed E-state index contributed by atoms with van der Waals surface area (Å²) in [6.07, 6.45) is 1.37. The molecule has 1 rings (SSSR count). The Kier molecular flexibility index (Phi) is 2.46. The van der Waals surface area contributed by atoms with E-state index in [0.29, 0.717) is 5.56 Å². The molecule has 5 heteroatoms. The van der Waals surface area contributed by atoms with Crippen LogP contribution in [0.25, 0.3) is 0 Å². The van der Waals surface area contributed by atoms with Crippen LogP contribution in [0.5, 0.6) is 0 Å². The highest BCUT2D eigenvalue weighted by molar-refractivity contribution is 5.74. The van der Waals surface area contributed by atoms with Gasteiger partial charge < -0.3 is 10.1 Å². The van der Waals surface area contributed by atoms with E-state index in [-0.39, 0.29) is 11.4 Å². The number of H-pyrrole nitrogens is 1. The Bertz CT molecular complexity index is 383. The van der Waals surface area contributed by atoms with Crippen LogP contribution in [0.1, 0.15) is 24.2 Å². The first-order valence-corrected chi connectivity index (χ1v) is 3.81. The second kappa shape index (κ2) is 3.38. The van der Waals surface area contributed by atoms with Gasteiger partial charge >= 0.3 is 5.97 Å². The van der Waals surface area contributed by atoms with Crippen LogP contribution in [0.3, 0.4) is 0 Å². The minimum Gasteiger partial charge on any atom is -0.481 e. The zero-order chi connectivity index (χ0) is 10.0. The number of rotatable bonds is 2. The quantitative estimate of drug-likeness (QED) is 0.687. The Hall–Kier alpha value is -1.65. The van der Waals surface area contributed by atoms with Gasteiger partial charge in [-0.15, -0.1) is 0 Å². The molecule has 13 heavy (non-hydrogen) atoms. The lowest BCUT2D eigenvalue weighted by Gasteiger charge is -2.04. The van der Waals surface area contributed by atoms with Crippen LogP contribution in [0.2, 0.25) is 0 Å². The SMILES string of the molecule is Cc1cnc(C(C)C(=O)O)[nH]c1=O. The minimum atomic E-state index is -1.01. The molecule has 1 unspecified atom stereocenters. The average Bonchev–Trinajstić information content (AvgIpc) is 2.08. The van der Waals surface area contributed by atoms with Crippen LogP contribution in [-0.2, 0) is 4.79 Å². The number of hydrogen-bond acceptors (Lipinski definition) is 3. The highest BCUT2D eigenvalue weighted by Gasteiger charge is 2.15. The monoisotopic (exact) mass is 182 g/mol. The van der Waals surface area contributed by atoms with E-state index in [2.05, 4.69) is 9.97 Å². The molecular formula is C8H10N2O3. The third-order valence-electron chi connectivity index (χ3n) is 1.78. The van der Waals surface area contributed by atoms with Crippen LogP contribution < -0.4 is 5.56 Å². The molecule has 1 aromatic rings. The number of nitrogens with one attached hydrogen (secondary N) is 1. The second-order valence-corrected chi connectivity index (χ2v) is 2.84. The summed E-state index contributed by atoms with van der Waals surface area (Å²) in [7, 11) is 0. The van der Waals surface area contributed by atoms with Crippen molar-refractivity contribution in [2.24, 2.45) is 0 Å². The molecular weight excluding hydrogens is 172 g/mol. The number of aliphatic carboxylic acids is 1. The molecule has 1 aromatic heterocycles. The number of nitrogens with zero attached hydrogens (tertiary/aromatic N) is 1. The van der Waals surface area contributed by atoms with Gasteiger partial charge in [0.15, 0.2) is 0 Å². The summed E-state index contributed by atoms with van der Waals surface area (Å²) in [4.78, 5) is 27.8. The molecule has 0 radical (unpaired) electrons. The zero-order valence-electron chi connectivity index (χ0n) is 7.37. The summed E-state index contributed by atoms with van der Waals surface area (Å²) in [5.74, 6) is -1.61. The predicted molar refractivity (Wildman–Crippen MR) is 45.6 cm³/mol. The number of aromatic amines is 1. The van der Waals surface area contributed by atoms with Gasteiger partial charge in [0.1, 0.15) is 11.7 Å². The van der Waals surface area contributed by atoms with Crippen molar-refractivity contribution in [3.05, 3.63) is 27.9 Å². The number of hydrogen-bond donors (Lipinski definition) is 2. The van der Waals surface area contributed by atoms with Gasteiger partial charge in [0.25, 0.3) is 5.56 Å². The van der Waals surface area contributed by atoms with Gasteiger partial charge in [-0.1, -0.05) is 0 Å². The van der Waals surface area contributed by atoms with E-state index in [4.69, 9.17) is 5.11 Å². The van der Waals surface area contributed by atoms with E-state index in [9.17, 15) is 9.59 Å². The van der Waals surface area contributed by atoms with E-state index in [1.165, 1.54) is 13.1 Å². The molecule has 0 aromatic carbocycles. The molecule has 0 bridgehead atoms. The normalized spacial score (nSPS) is 12.5. The maximum Gasteiger partial charge on any atom is 0.313 e. The third kappa shape index (κ3) is 1.93. The Labute approximate surface area is 74.4 Å². The molecule has 0 saturated carbocycles. The Morgan fingerprint density at radius 1 is 1.69 bits per heavy atom. The first-order chi connectivity index (χ1) is 6.02. The van der Waals surface area contributed by atoms with Crippen molar-refractivity contribution in [3.8, 4) is 0 Å². The number of aromatic nitrogens is 2. The molecule has 70 valence electrons. The molecule has 0 spiro atoms. The van der Waals surface area contributed by atoms with Gasteiger partial charge in [-0.05, 0) is 13.8 Å². The summed E-state index contributed by atoms with van der Waals surface area (Å²) in [5.41, 5.74) is 0.180. The highest BCUT2D eigenvalue weighted by atomic mass is 16.4. The van der Waals surface area contributed by atoms with Crippen LogP contribution >= 0.6 is 0 Å². The minimum absolute atomic E-state index is 0.183. The molecule has 1 atom stereocenters. The highest BCUT2D eigenvalue weighted by Crippen LogP contribution is 2.07. The lowest BCUT2D eigenvalue weighted by atomic mass is 10.1. The fourth-order valence-corrected chi connectivity index (χ4v) is 0.809. The molecule has 0 aliphatic rings. The van der Waals surface area contributed by atoms with E-state index >= 15 is 0 Å². The molecule has 1 heterocycles. The molecule has 0 amide bonds. The first kappa shape index (κ1) is 9.44. The standard InChI is InChI=1S/C8H10N2O3/c1-4-3-9-6(10-7(4)11)5(2)8(12)13/h3,5H,1-2H3,(H,12,13)(H,9,10,11). The van der Waals surface area contributed by atoms with Gasteiger partial charge in [0.05, 0.1) is 0 Å². The summed E-state index contributed by atoms with van der Waals surface area (Å²) in [5, 5.41) is 8.63. The van der Waals surface area contributed by atoms with Gasteiger partial charge in [-0.3, -0.25) is 9.59 Å². The summed E-state index contributed by atoms with van der Waals surface area (Å²) >= 11 is 0. The summed E-state index contributed by atoms with van der Waals surface area (Å²) < 4.78 is 0. The van der Waals surface area contributed by atoms with Crippen LogP contribution in [0.4, 0.5) is 0 Å². The van der Waals surface area contributed by atoms with Crippen molar-refractivity contribution < 1.29 is 9.90 Å². The largest absolute Gasteiger partial charge is 0.481 e. The summed E-state index contributed by atoms with van der Waals surface area (Å²) in [6, 6.07) is 0. The van der Waals surface area contributed by atoms with E-state index < -0.39 is 11.9 Å². The number of carboxylic acids is 1. The molecule has 0 fully saturated rings. The Morgan fingerprint density at radius 3 is 2.77 bits per heavy atom. The van der Waals surface area contributed by atoms with E-state index in [1.807, 2.05) is 0 Å². The lowest BCUT2D eigenvalue weighted by molar-refractivity contribution is -0.138. The maximum absolute atomic E-state index is 11.1. The van der Waals surface area contributed by atoms with Crippen molar-refractivity contribution in [1.82, 2.24) is 9.97 Å². The van der Waals surface area contributed by atoms with E-state index in [0.717, 1.165) is 0 Å².